The molecular formula is C6H15IO3Ti. The van der Waals surface area contributed by atoms with Gasteiger partial charge in [0, 0.05) is 0 Å². The molecule has 5 heteroatoms. The second-order valence-electron chi connectivity index (χ2n) is 1.78. The van der Waals surface area contributed by atoms with Gasteiger partial charge in [-0.1, -0.05) is 0 Å². The summed E-state index contributed by atoms with van der Waals surface area (Å²) in [5, 5.41) is 0. The van der Waals surface area contributed by atoms with Crippen LogP contribution in [0.25, 0.3) is 0 Å². The maximum atomic E-state index is 5.44. The van der Waals surface area contributed by atoms with Crippen molar-refractivity contribution in [2.45, 2.75) is 20.8 Å². The molecule has 0 N–H and O–H groups in total. The zero-order valence-corrected chi connectivity index (χ0v) is 10.9. The van der Waals surface area contributed by atoms with Crippen LogP contribution < -0.4 is 0 Å². The summed E-state index contributed by atoms with van der Waals surface area (Å²) in [6.07, 6.45) is 0. The first-order valence-corrected chi connectivity index (χ1v) is 10.7. The van der Waals surface area contributed by atoms with Crippen LogP contribution in [0.5, 0.6) is 0 Å². The average molecular weight is 310 g/mol. The van der Waals surface area contributed by atoms with E-state index >= 15 is 0 Å². The molecule has 0 saturated carbocycles. The molecule has 0 aromatic carbocycles. The molecule has 0 radical (unpaired) electrons. The fourth-order valence-electron chi connectivity index (χ4n) is 0.642. The van der Waals surface area contributed by atoms with E-state index < -0.39 is 14.0 Å². The third-order valence-corrected chi connectivity index (χ3v) is 7.77. The Morgan fingerprint density at radius 2 is 1.18 bits per heavy atom. The summed E-state index contributed by atoms with van der Waals surface area (Å²) in [5.74, 6) is 0. The van der Waals surface area contributed by atoms with Gasteiger partial charge in [0.05, 0.1) is 0 Å². The van der Waals surface area contributed by atoms with Gasteiger partial charge in [-0.15, -0.1) is 0 Å². The third-order valence-electron chi connectivity index (χ3n) is 0.950. The van der Waals surface area contributed by atoms with Crippen molar-refractivity contribution in [1.82, 2.24) is 0 Å². The summed E-state index contributed by atoms with van der Waals surface area (Å²) in [7, 11) is 0. The van der Waals surface area contributed by atoms with Gasteiger partial charge in [0.1, 0.15) is 0 Å². The van der Waals surface area contributed by atoms with E-state index in [9.17, 15) is 0 Å². The topological polar surface area (TPSA) is 27.7 Å². The van der Waals surface area contributed by atoms with E-state index in [-0.39, 0.29) is 0 Å². The van der Waals surface area contributed by atoms with E-state index in [1.54, 1.807) is 0 Å². The van der Waals surface area contributed by atoms with Crippen LogP contribution in [0.2, 0.25) is 0 Å². The standard InChI is InChI=1S/3C2H5O.HI.Ti/c3*1-2-3;;/h3*2H2,1H3;1H;/q3*-1;;+4/p-1. The Labute approximate surface area is 83.2 Å². The Morgan fingerprint density at radius 1 is 0.909 bits per heavy atom. The molecule has 0 atom stereocenters. The van der Waals surface area contributed by atoms with Gasteiger partial charge in [0.2, 0.25) is 0 Å². The van der Waals surface area contributed by atoms with Crippen LogP contribution in [0.3, 0.4) is 0 Å². The molecule has 0 aliphatic carbocycles. The Balaban J connectivity index is 3.79. The molecule has 0 spiro atoms. The van der Waals surface area contributed by atoms with Crippen molar-refractivity contribution >= 4 is 19.2 Å². The first-order chi connectivity index (χ1) is 5.18. The molecule has 68 valence electrons. The zero-order chi connectivity index (χ0) is 8.74. The number of hydrogen-bond acceptors (Lipinski definition) is 3. The summed E-state index contributed by atoms with van der Waals surface area (Å²) in [4.78, 5) is 0. The maximum absolute atomic E-state index is 5.44. The molecule has 3 nitrogen and oxygen atoms in total. The average Bonchev–Trinajstić information content (AvgIpc) is 1.88. The molecule has 0 aliphatic rings. The predicted octanol–water partition coefficient (Wildman–Crippen LogP) is 2.34. The summed E-state index contributed by atoms with van der Waals surface area (Å²) in [5.41, 5.74) is 0. The Morgan fingerprint density at radius 3 is 1.36 bits per heavy atom. The van der Waals surface area contributed by atoms with Crippen molar-refractivity contribution in [3.63, 3.8) is 0 Å². The van der Waals surface area contributed by atoms with Crippen LogP contribution in [0.1, 0.15) is 20.8 Å². The van der Waals surface area contributed by atoms with Crippen molar-refractivity contribution in [3.05, 3.63) is 0 Å². The van der Waals surface area contributed by atoms with Crippen LogP contribution in [0.4, 0.5) is 0 Å². The molecule has 0 rings (SSSR count). The van der Waals surface area contributed by atoms with Crippen molar-refractivity contribution in [2.75, 3.05) is 19.8 Å². The fourth-order valence-corrected chi connectivity index (χ4v) is 6.50. The molecule has 0 bridgehead atoms. The Hall–Kier alpha value is 1.32. The molecular weight excluding hydrogens is 295 g/mol. The zero-order valence-electron chi connectivity index (χ0n) is 7.22. The van der Waals surface area contributed by atoms with Crippen LogP contribution in [-0.4, -0.2) is 19.8 Å². The quantitative estimate of drug-likeness (QED) is 0.557. The number of halogens is 1. The second-order valence-corrected chi connectivity index (χ2v) is 10.1. The van der Waals surface area contributed by atoms with Gasteiger partial charge < -0.3 is 0 Å². The molecule has 0 fully saturated rings. The molecule has 11 heavy (non-hydrogen) atoms. The van der Waals surface area contributed by atoms with Gasteiger partial charge >= 0.3 is 83.7 Å². The summed E-state index contributed by atoms with van der Waals surface area (Å²) >= 11 is -0.574. The molecule has 0 amide bonds. The van der Waals surface area contributed by atoms with Gasteiger partial charge in [0.25, 0.3) is 0 Å². The predicted molar refractivity (Wildman–Crippen MR) is 48.9 cm³/mol. The minimum atomic E-state index is -2.77. The van der Waals surface area contributed by atoms with Gasteiger partial charge in [-0.05, 0) is 0 Å². The van der Waals surface area contributed by atoms with E-state index in [0.29, 0.717) is 19.8 Å². The van der Waals surface area contributed by atoms with Crippen LogP contribution >= 0.6 is 19.2 Å². The summed E-state index contributed by atoms with van der Waals surface area (Å²) in [6.45, 7) is 7.87. The van der Waals surface area contributed by atoms with Gasteiger partial charge in [-0.3, -0.25) is 0 Å². The monoisotopic (exact) mass is 310 g/mol. The van der Waals surface area contributed by atoms with E-state index in [1.165, 1.54) is 0 Å². The van der Waals surface area contributed by atoms with E-state index in [4.69, 9.17) is 9.96 Å². The fraction of sp³-hybridized carbons (Fsp3) is 1.00. The normalized spacial score (nSPS) is 12.0. The minimum absolute atomic E-state index is 0.670. The van der Waals surface area contributed by atoms with Crippen molar-refractivity contribution in [1.29, 1.82) is 0 Å². The van der Waals surface area contributed by atoms with Gasteiger partial charge in [-0.2, -0.15) is 0 Å². The molecule has 0 aliphatic heterocycles. The van der Waals surface area contributed by atoms with Crippen molar-refractivity contribution < 1.29 is 24.0 Å². The van der Waals surface area contributed by atoms with E-state index in [2.05, 4.69) is 19.2 Å². The number of hydrogen-bond donors (Lipinski definition) is 0. The number of rotatable bonds is 6. The third kappa shape index (κ3) is 5.55. The van der Waals surface area contributed by atoms with Crippen LogP contribution in [-0.2, 0) is 24.0 Å². The van der Waals surface area contributed by atoms with Crippen LogP contribution in [0, 0.1) is 0 Å². The first-order valence-electron chi connectivity index (χ1n) is 3.79. The molecule has 0 unspecified atom stereocenters. The van der Waals surface area contributed by atoms with Crippen LogP contribution in [0.15, 0.2) is 0 Å². The Kier molecular flexibility index (Phi) is 7.62. The van der Waals surface area contributed by atoms with E-state index in [0.717, 1.165) is 0 Å². The molecule has 0 aromatic rings. The Bertz CT molecular complexity index is 84.8. The van der Waals surface area contributed by atoms with Gasteiger partial charge in [0.15, 0.2) is 0 Å². The van der Waals surface area contributed by atoms with Crippen molar-refractivity contribution in [2.24, 2.45) is 0 Å². The van der Waals surface area contributed by atoms with Crippen molar-refractivity contribution in [3.8, 4) is 0 Å². The van der Waals surface area contributed by atoms with E-state index in [1.807, 2.05) is 20.8 Å². The first kappa shape index (κ1) is 12.3. The molecule has 0 heterocycles. The summed E-state index contributed by atoms with van der Waals surface area (Å²) < 4.78 is 16.3. The SMILES string of the molecule is CC[O][Ti]([I])([O]CC)[O]CC. The second kappa shape index (κ2) is 6.80. The summed E-state index contributed by atoms with van der Waals surface area (Å²) in [6, 6.07) is 0. The van der Waals surface area contributed by atoms with Gasteiger partial charge in [-0.25, -0.2) is 0 Å². The molecule has 0 aromatic heterocycles. The molecule has 0 saturated heterocycles.